The molecule has 0 radical (unpaired) electrons. The summed E-state index contributed by atoms with van der Waals surface area (Å²) in [6.07, 6.45) is 7.26. The van der Waals surface area contributed by atoms with Crippen LogP contribution >= 0.6 is 62.3 Å². The van der Waals surface area contributed by atoms with Gasteiger partial charge in [-0.1, -0.05) is 112 Å². The Morgan fingerprint density at radius 2 is 1.27 bits per heavy atom. The van der Waals surface area contributed by atoms with Crippen molar-refractivity contribution >= 4 is 85.5 Å². The Labute approximate surface area is 348 Å². The minimum absolute atomic E-state index is 0. The van der Waals surface area contributed by atoms with Crippen LogP contribution in [0.15, 0.2) is 84.9 Å². The van der Waals surface area contributed by atoms with Crippen LogP contribution in [-0.4, -0.2) is 30.4 Å². The second-order valence-electron chi connectivity index (χ2n) is 11.6. The first-order valence-electron chi connectivity index (χ1n) is 16.9. The van der Waals surface area contributed by atoms with Crippen LogP contribution in [0.2, 0.25) is 20.1 Å². The summed E-state index contributed by atoms with van der Waals surface area (Å²) in [5.74, 6) is 1.39. The zero-order valence-corrected chi connectivity index (χ0v) is 34.3. The molecule has 2 amide bonds. The molecule has 0 aliphatic carbocycles. The number of unbranched alkanes of at least 4 members (excludes halogenated alkanes) is 1. The van der Waals surface area contributed by atoms with Crippen molar-refractivity contribution in [1.29, 1.82) is 0 Å². The molecule has 4 aromatic carbocycles. The number of para-hydroxylation sites is 2. The second kappa shape index (κ2) is 25.6. The van der Waals surface area contributed by atoms with Gasteiger partial charge in [0.25, 0.3) is 0 Å². The number of carbonyl (C=O) groups is 2. The molecular weight excluding hydrogens is 801 g/mol. The summed E-state index contributed by atoms with van der Waals surface area (Å²) in [4.78, 5) is 23.5. The molecule has 2 aliphatic heterocycles. The van der Waals surface area contributed by atoms with Crippen molar-refractivity contribution in [1.82, 2.24) is 0 Å². The van der Waals surface area contributed by atoms with E-state index in [0.29, 0.717) is 57.6 Å². The number of anilines is 2. The van der Waals surface area contributed by atoms with Crippen molar-refractivity contribution in [3.63, 3.8) is 0 Å². The van der Waals surface area contributed by atoms with Gasteiger partial charge in [-0.15, -0.1) is 0 Å². The third-order valence-corrected chi connectivity index (χ3v) is 9.13. The smallest absolute Gasteiger partial charge is 0.492 e. The number of hydrogen-bond acceptors (Lipinski definition) is 4. The molecular formula is C40H44BrCl4LiN2O4. The Balaban J connectivity index is 0.000000274. The number of ether oxygens (including phenoxy) is 2. The fraction of sp³-hybridized carbons (Fsp3) is 0.325. The average molecular weight is 845 g/mol. The molecule has 0 bridgehead atoms. The standard InChI is InChI=1S/C18H17Cl2NO2.C10H11NO.C8H7BrCl2O.C4H9.Li/c19-14-7-8-17(15(20)11-14)23-10-9-13-6-5-12-3-1-2-4-16(12)21-18(13)22;12-10-7-3-5-8-4-1-2-6-9(8)11-10;9-3-4-12-8-2-1-6(10)5-7(8)11;1-3-4-2;/h1-4,7-8,11,13H,5-6,9-10H2,(H,21,22);1-2,4,6H,3,5,7H2,(H,11,12);1-2,5H,3-4H2;1,3-4H2,2H3;/q;;;-1;+1. The minimum Gasteiger partial charge on any atom is -0.492 e. The van der Waals surface area contributed by atoms with Crippen LogP contribution in [0.4, 0.5) is 11.4 Å². The van der Waals surface area contributed by atoms with Crippen molar-refractivity contribution in [2.75, 3.05) is 29.2 Å². The third kappa shape index (κ3) is 16.4. The zero-order chi connectivity index (χ0) is 37.0. The molecule has 6 nitrogen and oxygen atoms in total. The van der Waals surface area contributed by atoms with Crippen LogP contribution in [0.1, 0.15) is 56.6 Å². The monoisotopic (exact) mass is 842 g/mol. The molecule has 4 aromatic rings. The van der Waals surface area contributed by atoms with Crippen LogP contribution in [0.25, 0.3) is 0 Å². The summed E-state index contributed by atoms with van der Waals surface area (Å²) < 4.78 is 11.0. The SMILES string of the molecule is Clc1ccc(OCCBr)c(Cl)c1.O=C1CCCc2ccccc2N1.O=C1Nc2ccccc2CCC1CCOc1ccc(Cl)cc1Cl.[CH2-]CCC.[Li+]. The predicted molar refractivity (Wildman–Crippen MR) is 217 cm³/mol. The van der Waals surface area contributed by atoms with E-state index >= 15 is 0 Å². The predicted octanol–water partition coefficient (Wildman–Crippen LogP) is 9.32. The first-order chi connectivity index (χ1) is 24.6. The number of alkyl halides is 1. The molecule has 6 rings (SSSR count). The topological polar surface area (TPSA) is 76.7 Å². The molecule has 52 heavy (non-hydrogen) atoms. The van der Waals surface area contributed by atoms with Crippen LogP contribution in [0, 0.1) is 12.8 Å². The van der Waals surface area contributed by atoms with Crippen molar-refractivity contribution in [3.05, 3.63) is 123 Å². The normalized spacial score (nSPS) is 14.2. The first kappa shape index (κ1) is 45.8. The molecule has 2 aliphatic rings. The van der Waals surface area contributed by atoms with E-state index in [0.717, 1.165) is 48.8 Å². The average Bonchev–Trinajstić information content (AvgIpc) is 3.41. The second-order valence-corrected chi connectivity index (χ2v) is 14.1. The van der Waals surface area contributed by atoms with Gasteiger partial charge in [0.1, 0.15) is 11.5 Å². The number of halogens is 5. The fourth-order valence-corrected chi connectivity index (χ4v) is 6.08. The summed E-state index contributed by atoms with van der Waals surface area (Å²) >= 11 is 26.7. The van der Waals surface area contributed by atoms with Crippen molar-refractivity contribution in [3.8, 4) is 11.5 Å². The summed E-state index contributed by atoms with van der Waals surface area (Å²) in [5.41, 5.74) is 4.34. The summed E-state index contributed by atoms with van der Waals surface area (Å²) in [5, 5.41) is 8.88. The molecule has 0 saturated carbocycles. The molecule has 1 atom stereocenters. The van der Waals surface area contributed by atoms with Crippen LogP contribution in [0.5, 0.6) is 11.5 Å². The first-order valence-corrected chi connectivity index (χ1v) is 19.6. The van der Waals surface area contributed by atoms with Crippen LogP contribution in [0.3, 0.4) is 0 Å². The van der Waals surface area contributed by atoms with Crippen LogP contribution < -0.4 is 39.0 Å². The van der Waals surface area contributed by atoms with Gasteiger partial charge < -0.3 is 27.0 Å². The number of nitrogens with one attached hydrogen (secondary N) is 2. The Morgan fingerprint density at radius 1 is 0.750 bits per heavy atom. The van der Waals surface area contributed by atoms with Crippen LogP contribution in [-0.2, 0) is 22.4 Å². The minimum atomic E-state index is -0.0616. The number of fused-ring (bicyclic) bond motifs is 2. The third-order valence-electron chi connectivity index (χ3n) is 7.75. The van der Waals surface area contributed by atoms with Gasteiger partial charge in [-0.3, -0.25) is 9.59 Å². The molecule has 0 spiro atoms. The van der Waals surface area contributed by atoms with Gasteiger partial charge in [0, 0.05) is 39.1 Å². The van der Waals surface area contributed by atoms with Gasteiger partial charge in [-0.2, -0.15) is 6.42 Å². The van der Waals surface area contributed by atoms with E-state index in [4.69, 9.17) is 55.9 Å². The number of rotatable bonds is 8. The van der Waals surface area contributed by atoms with Gasteiger partial charge in [0.2, 0.25) is 11.8 Å². The maximum absolute atomic E-state index is 12.3. The van der Waals surface area contributed by atoms with E-state index in [9.17, 15) is 9.59 Å². The van der Waals surface area contributed by atoms with Gasteiger partial charge >= 0.3 is 18.9 Å². The number of hydrogen-bond donors (Lipinski definition) is 2. The Hall–Kier alpha value is -2.34. The molecule has 274 valence electrons. The Bertz CT molecular complexity index is 1700. The van der Waals surface area contributed by atoms with Gasteiger partial charge in [0.05, 0.1) is 23.3 Å². The molecule has 2 heterocycles. The maximum Gasteiger partial charge on any atom is 1.00 e. The van der Waals surface area contributed by atoms with E-state index in [1.165, 1.54) is 17.5 Å². The Kier molecular flexibility index (Phi) is 22.6. The number of amides is 2. The number of benzene rings is 4. The number of carbonyl (C=O) groups excluding carboxylic acids is 2. The molecule has 1 unspecified atom stereocenters. The van der Waals surface area contributed by atoms with Crippen molar-refractivity contribution in [2.24, 2.45) is 5.92 Å². The quantitative estimate of drug-likeness (QED) is 0.105. The zero-order valence-electron chi connectivity index (χ0n) is 29.7. The molecule has 0 aromatic heterocycles. The van der Waals surface area contributed by atoms with Gasteiger partial charge in [0.15, 0.2) is 0 Å². The number of aryl methyl sites for hydroxylation is 2. The van der Waals surface area contributed by atoms with Gasteiger partial charge in [-0.25, -0.2) is 0 Å². The van der Waals surface area contributed by atoms with E-state index < -0.39 is 0 Å². The summed E-state index contributed by atoms with van der Waals surface area (Å²) in [6, 6.07) is 26.2. The van der Waals surface area contributed by atoms with E-state index in [1.54, 1.807) is 36.4 Å². The van der Waals surface area contributed by atoms with Crippen molar-refractivity contribution in [2.45, 2.75) is 58.3 Å². The molecule has 0 fully saturated rings. The Morgan fingerprint density at radius 3 is 1.81 bits per heavy atom. The van der Waals surface area contributed by atoms with Gasteiger partial charge in [-0.05, 0) is 91.8 Å². The summed E-state index contributed by atoms with van der Waals surface area (Å²) in [7, 11) is 0. The molecule has 12 heteroatoms. The fourth-order valence-electron chi connectivity index (χ4n) is 4.99. The van der Waals surface area contributed by atoms with E-state index in [1.807, 2.05) is 36.4 Å². The molecule has 2 N–H and O–H groups in total. The maximum atomic E-state index is 12.3. The largest absolute Gasteiger partial charge is 1.00 e. The van der Waals surface area contributed by atoms with Crippen molar-refractivity contribution < 1.29 is 37.9 Å². The van der Waals surface area contributed by atoms with E-state index in [2.05, 4.69) is 52.5 Å². The summed E-state index contributed by atoms with van der Waals surface area (Å²) in [6.45, 7) is 6.76. The molecule has 0 saturated heterocycles. The van der Waals surface area contributed by atoms with E-state index in [-0.39, 0.29) is 36.6 Å².